The van der Waals surface area contributed by atoms with Crippen LogP contribution in [0.15, 0.2) is 48.0 Å². The Morgan fingerprint density at radius 3 is 2.57 bits per heavy atom. The van der Waals surface area contributed by atoms with Crippen molar-refractivity contribution in [2.75, 3.05) is 63.8 Å². The molecule has 1 aliphatic carbocycles. The van der Waals surface area contributed by atoms with Gasteiger partial charge in [-0.15, -0.1) is 0 Å². The molecule has 7 heteroatoms. The van der Waals surface area contributed by atoms with Crippen LogP contribution in [-0.4, -0.2) is 75.0 Å². The number of anilines is 2. The standard InChI is InChI=1S/C28H41N5O2/c1-6-23(17-25(35-5)16-21(2)34-4)33(20-22-8-7-9-22)24-10-11-26-27(18-24)30-28(19-29-26)32-14-12-31(3)13-15-32/h10-11,16-19,21-22H,6-9,12-15,20H2,1-5H3/b23-17+,25-16+. The third-order valence-corrected chi connectivity index (χ3v) is 7.34. The van der Waals surface area contributed by atoms with Crippen LogP contribution >= 0.6 is 0 Å². The molecule has 1 saturated carbocycles. The summed E-state index contributed by atoms with van der Waals surface area (Å²) in [7, 11) is 5.61. The highest BCUT2D eigenvalue weighted by Crippen LogP contribution is 2.33. The van der Waals surface area contributed by atoms with E-state index in [1.54, 1.807) is 14.2 Å². The molecule has 0 bridgehead atoms. The Kier molecular flexibility index (Phi) is 8.63. The summed E-state index contributed by atoms with van der Waals surface area (Å²) in [4.78, 5) is 16.9. The van der Waals surface area contributed by atoms with Gasteiger partial charge in [0, 0.05) is 51.2 Å². The summed E-state index contributed by atoms with van der Waals surface area (Å²) in [6.45, 7) is 9.31. The van der Waals surface area contributed by atoms with Gasteiger partial charge in [0.25, 0.3) is 0 Å². The van der Waals surface area contributed by atoms with Crippen molar-refractivity contribution >= 4 is 22.5 Å². The summed E-state index contributed by atoms with van der Waals surface area (Å²) in [6, 6.07) is 6.49. The van der Waals surface area contributed by atoms with Crippen LogP contribution in [0.1, 0.15) is 39.5 Å². The van der Waals surface area contributed by atoms with Crippen LogP contribution in [0.4, 0.5) is 11.5 Å². The second kappa shape index (κ2) is 11.9. The van der Waals surface area contributed by atoms with E-state index in [1.807, 2.05) is 19.2 Å². The zero-order valence-electron chi connectivity index (χ0n) is 22.0. The van der Waals surface area contributed by atoms with Crippen LogP contribution in [0, 0.1) is 5.92 Å². The molecule has 7 nitrogen and oxygen atoms in total. The molecule has 0 amide bonds. The largest absolute Gasteiger partial charge is 0.497 e. The highest BCUT2D eigenvalue weighted by atomic mass is 16.5. The fourth-order valence-electron chi connectivity index (χ4n) is 4.68. The molecule has 1 saturated heterocycles. The molecule has 1 unspecified atom stereocenters. The number of fused-ring (bicyclic) bond motifs is 1. The van der Waals surface area contributed by atoms with E-state index in [-0.39, 0.29) is 6.10 Å². The first kappa shape index (κ1) is 25.5. The topological polar surface area (TPSA) is 54.0 Å². The van der Waals surface area contributed by atoms with Gasteiger partial charge in [-0.2, -0.15) is 0 Å². The van der Waals surface area contributed by atoms with E-state index < -0.39 is 0 Å². The van der Waals surface area contributed by atoms with E-state index in [2.05, 4.69) is 52.9 Å². The van der Waals surface area contributed by atoms with Crippen molar-refractivity contribution in [1.82, 2.24) is 14.9 Å². The number of ether oxygens (including phenoxy) is 2. The molecule has 1 aromatic heterocycles. The quantitative estimate of drug-likeness (QED) is 0.357. The van der Waals surface area contributed by atoms with Crippen molar-refractivity contribution in [1.29, 1.82) is 0 Å². The molecule has 0 spiro atoms. The Morgan fingerprint density at radius 2 is 1.94 bits per heavy atom. The van der Waals surface area contributed by atoms with Crippen LogP contribution in [0.5, 0.6) is 0 Å². The maximum absolute atomic E-state index is 5.69. The van der Waals surface area contributed by atoms with Crippen molar-refractivity contribution in [2.24, 2.45) is 5.92 Å². The lowest BCUT2D eigenvalue weighted by Gasteiger charge is -2.35. The van der Waals surface area contributed by atoms with E-state index in [0.29, 0.717) is 0 Å². The maximum Gasteiger partial charge on any atom is 0.147 e. The van der Waals surface area contributed by atoms with Gasteiger partial charge < -0.3 is 24.2 Å². The number of hydrogen-bond acceptors (Lipinski definition) is 7. The summed E-state index contributed by atoms with van der Waals surface area (Å²) < 4.78 is 11.1. The first-order valence-corrected chi connectivity index (χ1v) is 13.0. The summed E-state index contributed by atoms with van der Waals surface area (Å²) in [5, 5.41) is 0. The Bertz CT molecular complexity index is 1040. The minimum Gasteiger partial charge on any atom is -0.497 e. The highest BCUT2D eigenvalue weighted by Gasteiger charge is 2.23. The number of rotatable bonds is 10. The second-order valence-electron chi connectivity index (χ2n) is 9.80. The molecule has 1 aliphatic heterocycles. The molecule has 0 radical (unpaired) electrons. The fraction of sp³-hybridized carbons (Fsp3) is 0.571. The average molecular weight is 480 g/mol. The first-order valence-electron chi connectivity index (χ1n) is 13.0. The molecular weight excluding hydrogens is 438 g/mol. The molecule has 2 aromatic rings. The third kappa shape index (κ3) is 6.33. The van der Waals surface area contributed by atoms with Crippen molar-refractivity contribution in [3.8, 4) is 0 Å². The number of allylic oxidation sites excluding steroid dienone is 2. The molecule has 0 N–H and O–H groups in total. The van der Waals surface area contributed by atoms with Crippen LogP contribution in [-0.2, 0) is 9.47 Å². The van der Waals surface area contributed by atoms with Crippen LogP contribution in [0.25, 0.3) is 11.0 Å². The Balaban J connectivity index is 1.68. The zero-order chi connectivity index (χ0) is 24.8. The van der Waals surface area contributed by atoms with Crippen molar-refractivity contribution < 1.29 is 9.47 Å². The van der Waals surface area contributed by atoms with Gasteiger partial charge in [-0.05, 0) is 69.5 Å². The number of methoxy groups -OCH3 is 2. The number of likely N-dealkylation sites (N-methyl/N-ethyl adjacent to an activating group) is 1. The van der Waals surface area contributed by atoms with Gasteiger partial charge in [0.1, 0.15) is 11.6 Å². The molecule has 1 aromatic carbocycles. The van der Waals surface area contributed by atoms with Crippen molar-refractivity contribution in [3.05, 3.63) is 48.0 Å². The summed E-state index contributed by atoms with van der Waals surface area (Å²) in [6.07, 6.45) is 10.9. The van der Waals surface area contributed by atoms with Gasteiger partial charge in [0.2, 0.25) is 0 Å². The highest BCUT2D eigenvalue weighted by molar-refractivity contribution is 5.80. The van der Waals surface area contributed by atoms with Gasteiger partial charge in [-0.3, -0.25) is 4.98 Å². The molecule has 1 atom stereocenters. The number of aromatic nitrogens is 2. The summed E-state index contributed by atoms with van der Waals surface area (Å²) >= 11 is 0. The minimum absolute atomic E-state index is 0.0108. The lowest BCUT2D eigenvalue weighted by Crippen LogP contribution is -2.44. The van der Waals surface area contributed by atoms with E-state index in [0.717, 1.165) is 73.4 Å². The Labute approximate surface area is 210 Å². The lowest BCUT2D eigenvalue weighted by atomic mass is 9.85. The SMILES string of the molecule is CC/C(=C\C(=C/C(C)OC)OC)N(CC1CCC1)c1ccc2ncc(N3CCN(C)CC3)nc2c1. The van der Waals surface area contributed by atoms with Gasteiger partial charge in [0.05, 0.1) is 30.4 Å². The van der Waals surface area contributed by atoms with Crippen LogP contribution < -0.4 is 9.80 Å². The predicted molar refractivity (Wildman–Crippen MR) is 144 cm³/mol. The van der Waals surface area contributed by atoms with E-state index in [1.165, 1.54) is 25.0 Å². The van der Waals surface area contributed by atoms with E-state index >= 15 is 0 Å². The fourth-order valence-corrected chi connectivity index (χ4v) is 4.68. The van der Waals surface area contributed by atoms with Crippen molar-refractivity contribution in [3.63, 3.8) is 0 Å². The Morgan fingerprint density at radius 1 is 1.17 bits per heavy atom. The molecule has 2 aliphatic rings. The van der Waals surface area contributed by atoms with Gasteiger partial charge in [-0.25, -0.2) is 4.98 Å². The average Bonchev–Trinajstić information content (AvgIpc) is 2.86. The van der Waals surface area contributed by atoms with Gasteiger partial charge >= 0.3 is 0 Å². The summed E-state index contributed by atoms with van der Waals surface area (Å²) in [5.74, 6) is 2.52. The number of benzene rings is 1. The third-order valence-electron chi connectivity index (χ3n) is 7.34. The molecule has 2 heterocycles. The molecule has 4 rings (SSSR count). The smallest absolute Gasteiger partial charge is 0.147 e. The minimum atomic E-state index is -0.0108. The number of hydrogen-bond donors (Lipinski definition) is 0. The normalized spacial score (nSPS) is 19.1. The Hall–Kier alpha value is -2.64. The maximum atomic E-state index is 5.69. The zero-order valence-corrected chi connectivity index (χ0v) is 22.0. The van der Waals surface area contributed by atoms with Gasteiger partial charge in [0.15, 0.2) is 0 Å². The molecule has 2 fully saturated rings. The second-order valence-corrected chi connectivity index (χ2v) is 9.80. The first-order chi connectivity index (χ1) is 17.0. The number of piperazine rings is 1. The molecular formula is C28H41N5O2. The van der Waals surface area contributed by atoms with Crippen LogP contribution in [0.2, 0.25) is 0 Å². The van der Waals surface area contributed by atoms with Crippen molar-refractivity contribution in [2.45, 2.75) is 45.6 Å². The van der Waals surface area contributed by atoms with E-state index in [9.17, 15) is 0 Å². The predicted octanol–water partition coefficient (Wildman–Crippen LogP) is 4.85. The number of nitrogens with zero attached hydrogens (tertiary/aromatic N) is 5. The summed E-state index contributed by atoms with van der Waals surface area (Å²) in [5.41, 5.74) is 4.28. The monoisotopic (exact) mass is 479 g/mol. The molecule has 190 valence electrons. The van der Waals surface area contributed by atoms with Gasteiger partial charge in [-0.1, -0.05) is 13.3 Å². The van der Waals surface area contributed by atoms with Crippen LogP contribution in [0.3, 0.4) is 0 Å². The lowest BCUT2D eigenvalue weighted by molar-refractivity contribution is 0.151. The molecule has 35 heavy (non-hydrogen) atoms. The van der Waals surface area contributed by atoms with E-state index in [4.69, 9.17) is 19.4 Å².